The number of anilines is 1. The van der Waals surface area contributed by atoms with Gasteiger partial charge in [0.1, 0.15) is 5.82 Å². The fraction of sp³-hybridized carbons (Fsp3) is 0.227. The third-order valence-electron chi connectivity index (χ3n) is 5.19. The Hall–Kier alpha value is -4.01. The molecular weight excluding hydrogens is 396 g/mol. The zero-order valence-corrected chi connectivity index (χ0v) is 17.1. The summed E-state index contributed by atoms with van der Waals surface area (Å²) in [6.07, 6.45) is 3.84. The van der Waals surface area contributed by atoms with Gasteiger partial charge in [-0.05, 0) is 44.0 Å². The van der Waals surface area contributed by atoms with E-state index in [1.165, 1.54) is 24.3 Å². The maximum atomic E-state index is 12.3. The number of carbonyl (C=O) groups excluding carboxylic acids is 1. The van der Waals surface area contributed by atoms with Crippen LogP contribution < -0.4 is 10.3 Å². The first-order chi connectivity index (χ1) is 15.0. The second kappa shape index (κ2) is 8.78. The molecule has 0 spiro atoms. The smallest absolute Gasteiger partial charge is 0.271 e. The first-order valence-electron chi connectivity index (χ1n) is 10.0. The lowest BCUT2D eigenvalue weighted by Gasteiger charge is -2.20. The van der Waals surface area contributed by atoms with Crippen LogP contribution in [0, 0.1) is 17.0 Å². The van der Waals surface area contributed by atoms with Crippen LogP contribution in [0.4, 0.5) is 11.5 Å². The minimum absolute atomic E-state index is 0.0701. The number of nitrogens with zero attached hydrogens (tertiary/aromatic N) is 5. The summed E-state index contributed by atoms with van der Waals surface area (Å²) in [6, 6.07) is 15.3. The Morgan fingerprint density at radius 1 is 1.13 bits per heavy atom. The molecule has 0 atom stereocenters. The number of non-ortho nitro benzene ring substituents is 1. The Morgan fingerprint density at radius 2 is 1.81 bits per heavy atom. The van der Waals surface area contributed by atoms with Crippen LogP contribution in [0.2, 0.25) is 0 Å². The summed E-state index contributed by atoms with van der Waals surface area (Å²) in [5.74, 6) is 0.511. The molecule has 0 radical (unpaired) electrons. The van der Waals surface area contributed by atoms with E-state index in [-0.39, 0.29) is 5.69 Å². The molecule has 3 aromatic rings. The molecule has 1 aliphatic rings. The van der Waals surface area contributed by atoms with Crippen LogP contribution in [0.1, 0.15) is 34.5 Å². The quantitative estimate of drug-likeness (QED) is 0.375. The highest BCUT2D eigenvalue weighted by Gasteiger charge is 2.23. The van der Waals surface area contributed by atoms with Gasteiger partial charge in [0.05, 0.1) is 28.1 Å². The Morgan fingerprint density at radius 3 is 2.45 bits per heavy atom. The van der Waals surface area contributed by atoms with E-state index < -0.39 is 10.8 Å². The molecule has 1 amide bonds. The number of aromatic nitrogens is 2. The van der Waals surface area contributed by atoms with Gasteiger partial charge >= 0.3 is 0 Å². The van der Waals surface area contributed by atoms with Crippen molar-refractivity contribution in [2.75, 3.05) is 18.0 Å². The molecule has 1 N–H and O–H groups in total. The number of para-hydroxylation sites is 1. The van der Waals surface area contributed by atoms with Crippen molar-refractivity contribution in [2.24, 2.45) is 5.10 Å². The van der Waals surface area contributed by atoms with Gasteiger partial charge < -0.3 is 4.90 Å². The van der Waals surface area contributed by atoms with Crippen LogP contribution in [-0.2, 0) is 0 Å². The monoisotopic (exact) mass is 418 g/mol. The lowest BCUT2D eigenvalue weighted by molar-refractivity contribution is -0.384. The van der Waals surface area contributed by atoms with E-state index >= 15 is 0 Å². The lowest BCUT2D eigenvalue weighted by atomic mass is 10.2. The minimum atomic E-state index is -0.507. The molecule has 0 aliphatic carbocycles. The van der Waals surface area contributed by atoms with Crippen molar-refractivity contribution in [3.63, 3.8) is 0 Å². The molecule has 9 heteroatoms. The van der Waals surface area contributed by atoms with Crippen molar-refractivity contribution in [3.8, 4) is 5.69 Å². The van der Waals surface area contributed by atoms with Gasteiger partial charge in [-0.2, -0.15) is 10.2 Å². The summed E-state index contributed by atoms with van der Waals surface area (Å²) < 4.78 is 1.92. The second-order valence-electron chi connectivity index (χ2n) is 7.27. The molecule has 31 heavy (non-hydrogen) atoms. The van der Waals surface area contributed by atoms with Gasteiger partial charge in [0.25, 0.3) is 11.6 Å². The van der Waals surface area contributed by atoms with Crippen LogP contribution in [0.15, 0.2) is 59.7 Å². The van der Waals surface area contributed by atoms with Crippen molar-refractivity contribution in [2.45, 2.75) is 19.8 Å². The van der Waals surface area contributed by atoms with Gasteiger partial charge in [-0.25, -0.2) is 10.1 Å². The largest absolute Gasteiger partial charge is 0.356 e. The molecule has 2 heterocycles. The van der Waals surface area contributed by atoms with E-state index in [0.29, 0.717) is 5.56 Å². The van der Waals surface area contributed by atoms with Gasteiger partial charge in [-0.1, -0.05) is 18.2 Å². The molecule has 1 fully saturated rings. The summed E-state index contributed by atoms with van der Waals surface area (Å²) in [4.78, 5) is 24.9. The molecule has 1 saturated heterocycles. The number of aryl methyl sites for hydroxylation is 1. The minimum Gasteiger partial charge on any atom is -0.356 e. The number of nitrogens with one attached hydrogen (secondary N) is 1. The van der Waals surface area contributed by atoms with Gasteiger partial charge in [-0.15, -0.1) is 0 Å². The predicted molar refractivity (Wildman–Crippen MR) is 118 cm³/mol. The topological polar surface area (TPSA) is 106 Å². The molecule has 0 bridgehead atoms. The van der Waals surface area contributed by atoms with Crippen molar-refractivity contribution in [3.05, 3.63) is 81.5 Å². The maximum Gasteiger partial charge on any atom is 0.271 e. The molecule has 4 rings (SSSR count). The van der Waals surface area contributed by atoms with E-state index in [0.717, 1.165) is 48.7 Å². The Kier molecular flexibility index (Phi) is 5.74. The number of nitro benzene ring substituents is 1. The average molecular weight is 418 g/mol. The molecule has 1 aromatic heterocycles. The number of benzene rings is 2. The van der Waals surface area contributed by atoms with E-state index in [4.69, 9.17) is 5.10 Å². The van der Waals surface area contributed by atoms with Crippen LogP contribution >= 0.6 is 0 Å². The Labute approximate surface area is 179 Å². The first-order valence-corrected chi connectivity index (χ1v) is 10.0. The number of rotatable bonds is 6. The first kappa shape index (κ1) is 20.3. The third-order valence-corrected chi connectivity index (χ3v) is 5.19. The maximum absolute atomic E-state index is 12.3. The SMILES string of the molecule is Cc1nn(-c2ccccc2)c(N2CCCC2)c1/C=N\NC(=O)c1ccc([N+](=O)[O-])cc1. The molecule has 0 unspecified atom stereocenters. The summed E-state index contributed by atoms with van der Waals surface area (Å²) in [5.41, 5.74) is 5.32. The fourth-order valence-corrected chi connectivity index (χ4v) is 3.62. The van der Waals surface area contributed by atoms with Crippen LogP contribution in [0.25, 0.3) is 5.69 Å². The normalized spacial score (nSPS) is 13.6. The third kappa shape index (κ3) is 4.30. The highest BCUT2D eigenvalue weighted by Crippen LogP contribution is 2.29. The van der Waals surface area contributed by atoms with Crippen molar-refractivity contribution < 1.29 is 9.72 Å². The van der Waals surface area contributed by atoms with Gasteiger partial charge in [0.15, 0.2) is 0 Å². The number of nitro groups is 1. The van der Waals surface area contributed by atoms with E-state index in [1.54, 1.807) is 6.21 Å². The van der Waals surface area contributed by atoms with Crippen LogP contribution in [0.3, 0.4) is 0 Å². The van der Waals surface area contributed by atoms with E-state index in [1.807, 2.05) is 41.9 Å². The fourth-order valence-electron chi connectivity index (χ4n) is 3.62. The highest BCUT2D eigenvalue weighted by molar-refractivity contribution is 5.96. The zero-order valence-electron chi connectivity index (χ0n) is 17.1. The van der Waals surface area contributed by atoms with Gasteiger partial charge in [0, 0.05) is 30.8 Å². The Bertz CT molecular complexity index is 1120. The van der Waals surface area contributed by atoms with Crippen molar-refractivity contribution in [1.82, 2.24) is 15.2 Å². The predicted octanol–water partition coefficient (Wildman–Crippen LogP) is 3.45. The van der Waals surface area contributed by atoms with Crippen molar-refractivity contribution in [1.29, 1.82) is 0 Å². The summed E-state index contributed by atoms with van der Waals surface area (Å²) in [5, 5.41) is 19.6. The van der Waals surface area contributed by atoms with Gasteiger partial charge in [-0.3, -0.25) is 14.9 Å². The number of hydrazone groups is 1. The van der Waals surface area contributed by atoms with Gasteiger partial charge in [0.2, 0.25) is 0 Å². The molecule has 2 aromatic carbocycles. The van der Waals surface area contributed by atoms with Crippen LogP contribution in [-0.4, -0.2) is 39.9 Å². The Balaban J connectivity index is 1.59. The lowest BCUT2D eigenvalue weighted by Crippen LogP contribution is -2.23. The van der Waals surface area contributed by atoms with E-state index in [9.17, 15) is 14.9 Å². The molecule has 158 valence electrons. The molecular formula is C22H22N6O3. The standard InChI is InChI=1S/C22H22N6O3/c1-16-20(15-23-24-21(29)17-9-11-19(12-10-17)28(30)31)22(26-13-5-6-14-26)27(25-16)18-7-3-2-4-8-18/h2-4,7-12,15H,5-6,13-14H2,1H3,(H,24,29)/b23-15-. The number of carbonyl (C=O) groups is 1. The molecule has 1 aliphatic heterocycles. The second-order valence-corrected chi connectivity index (χ2v) is 7.27. The zero-order chi connectivity index (χ0) is 21.8. The molecule has 9 nitrogen and oxygen atoms in total. The average Bonchev–Trinajstić information content (AvgIpc) is 3.42. The summed E-state index contributed by atoms with van der Waals surface area (Å²) >= 11 is 0. The van der Waals surface area contributed by atoms with Crippen LogP contribution in [0.5, 0.6) is 0 Å². The summed E-state index contributed by atoms with van der Waals surface area (Å²) in [6.45, 7) is 3.79. The van der Waals surface area contributed by atoms with E-state index in [2.05, 4.69) is 15.4 Å². The highest BCUT2D eigenvalue weighted by atomic mass is 16.6. The van der Waals surface area contributed by atoms with Crippen molar-refractivity contribution >= 4 is 23.6 Å². The summed E-state index contributed by atoms with van der Waals surface area (Å²) in [7, 11) is 0. The number of amides is 1. The number of hydrogen-bond acceptors (Lipinski definition) is 6. The number of hydrogen-bond donors (Lipinski definition) is 1. The molecule has 0 saturated carbocycles.